The molecular formula is C37H64O10. The lowest BCUT2D eigenvalue weighted by Gasteiger charge is -2.64. The van der Waals surface area contributed by atoms with Gasteiger partial charge in [-0.2, -0.15) is 0 Å². The molecule has 6 rings (SSSR count). The van der Waals surface area contributed by atoms with Gasteiger partial charge in [-0.25, -0.2) is 0 Å². The fourth-order valence-corrected chi connectivity index (χ4v) is 13.2. The molecule has 5 saturated carbocycles. The molecule has 10 nitrogen and oxygen atoms in total. The number of aliphatic hydroxyl groups excluding tert-OH is 7. The van der Waals surface area contributed by atoms with Crippen molar-refractivity contribution in [2.45, 2.75) is 167 Å². The van der Waals surface area contributed by atoms with Gasteiger partial charge < -0.3 is 50.0 Å². The third-order valence-electron chi connectivity index (χ3n) is 16.0. The van der Waals surface area contributed by atoms with E-state index in [-0.39, 0.29) is 45.5 Å². The number of methoxy groups -OCH3 is 1. The molecule has 7 N–H and O–H groups in total. The Morgan fingerprint density at radius 3 is 2.19 bits per heavy atom. The average molecular weight is 669 g/mol. The van der Waals surface area contributed by atoms with E-state index in [1.807, 2.05) is 13.8 Å². The minimum absolute atomic E-state index is 0.0190. The minimum Gasteiger partial charge on any atom is -0.394 e. The Kier molecular flexibility index (Phi) is 9.15. The molecule has 6 aliphatic rings. The van der Waals surface area contributed by atoms with E-state index in [0.29, 0.717) is 18.8 Å². The summed E-state index contributed by atoms with van der Waals surface area (Å²) in [5.74, 6) is 0.626. The highest BCUT2D eigenvalue weighted by atomic mass is 16.7. The zero-order valence-corrected chi connectivity index (χ0v) is 29.9. The van der Waals surface area contributed by atoms with Crippen molar-refractivity contribution in [3.05, 3.63) is 0 Å². The molecule has 272 valence electrons. The third kappa shape index (κ3) is 5.01. The van der Waals surface area contributed by atoms with Crippen LogP contribution in [0.2, 0.25) is 0 Å². The second kappa shape index (κ2) is 11.8. The quantitative estimate of drug-likeness (QED) is 0.182. The van der Waals surface area contributed by atoms with Crippen molar-refractivity contribution in [3.63, 3.8) is 0 Å². The number of hydrogen-bond acceptors (Lipinski definition) is 10. The Balaban J connectivity index is 1.21. The molecule has 0 radical (unpaired) electrons. The van der Waals surface area contributed by atoms with E-state index in [0.717, 1.165) is 44.9 Å². The van der Waals surface area contributed by atoms with Gasteiger partial charge in [-0.15, -0.1) is 0 Å². The summed E-state index contributed by atoms with van der Waals surface area (Å²) in [5.41, 5.74) is -1.22. The number of hydrogen-bond donors (Lipinski definition) is 7. The van der Waals surface area contributed by atoms with Crippen LogP contribution in [0.5, 0.6) is 0 Å². The van der Waals surface area contributed by atoms with Gasteiger partial charge in [0.05, 0.1) is 36.6 Å². The second-order valence-electron chi connectivity index (χ2n) is 18.5. The molecule has 1 saturated heterocycles. The summed E-state index contributed by atoms with van der Waals surface area (Å²) >= 11 is 0. The molecule has 0 bridgehead atoms. The summed E-state index contributed by atoms with van der Waals surface area (Å²) < 4.78 is 17.7. The van der Waals surface area contributed by atoms with Crippen LogP contribution in [0.25, 0.3) is 0 Å². The smallest absolute Gasteiger partial charge is 0.186 e. The van der Waals surface area contributed by atoms with Gasteiger partial charge in [0.1, 0.15) is 24.4 Å². The second-order valence-corrected chi connectivity index (χ2v) is 18.5. The van der Waals surface area contributed by atoms with Crippen LogP contribution in [0.4, 0.5) is 0 Å². The van der Waals surface area contributed by atoms with E-state index < -0.39 is 66.6 Å². The molecule has 5 aliphatic carbocycles. The molecule has 17 atom stereocenters. The summed E-state index contributed by atoms with van der Waals surface area (Å²) in [6.45, 7) is 14.6. The first-order valence-corrected chi connectivity index (χ1v) is 18.3. The van der Waals surface area contributed by atoms with E-state index in [2.05, 4.69) is 34.6 Å². The third-order valence-corrected chi connectivity index (χ3v) is 16.0. The van der Waals surface area contributed by atoms with Crippen LogP contribution in [0.1, 0.15) is 106 Å². The predicted octanol–water partition coefficient (Wildman–Crippen LogP) is 2.75. The van der Waals surface area contributed by atoms with Gasteiger partial charge in [0.25, 0.3) is 0 Å². The van der Waals surface area contributed by atoms with E-state index >= 15 is 0 Å². The topological polar surface area (TPSA) is 169 Å². The van der Waals surface area contributed by atoms with E-state index in [4.69, 9.17) is 14.2 Å². The normalized spacial score (nSPS) is 53.3. The van der Waals surface area contributed by atoms with Crippen molar-refractivity contribution in [3.8, 4) is 0 Å². The summed E-state index contributed by atoms with van der Waals surface area (Å²) in [7, 11) is 1.63. The lowest BCUT2D eigenvalue weighted by molar-refractivity contribution is -0.329. The molecule has 6 fully saturated rings. The molecule has 1 heterocycles. The van der Waals surface area contributed by atoms with Crippen LogP contribution in [0.15, 0.2) is 0 Å². The standard InChI is InChI=1S/C37H64O10/c1-19(9-10-24(41)33(4,5)45-8)26-21(40)16-35(7)23-15-20(39)30-32(2,3)25(47-31-29(44)28(43)27(42)22(17-38)46-31)11-12-37(30)18-36(23,37)14-13-34(26,35)6/h19-31,38-44H,9-18H2,1-8H3. The van der Waals surface area contributed by atoms with E-state index in [1.54, 1.807) is 7.11 Å². The minimum atomic E-state index is -1.50. The van der Waals surface area contributed by atoms with Crippen molar-refractivity contribution in [1.82, 2.24) is 0 Å². The van der Waals surface area contributed by atoms with E-state index in [9.17, 15) is 35.7 Å². The van der Waals surface area contributed by atoms with Gasteiger partial charge in [-0.3, -0.25) is 0 Å². The van der Waals surface area contributed by atoms with Gasteiger partial charge in [-0.05, 0) is 122 Å². The van der Waals surface area contributed by atoms with Crippen LogP contribution in [-0.4, -0.2) is 110 Å². The number of rotatable bonds is 9. The Labute approximate surface area is 281 Å². The molecule has 0 aromatic heterocycles. The van der Waals surface area contributed by atoms with Crippen LogP contribution in [0, 0.1) is 50.7 Å². The van der Waals surface area contributed by atoms with Crippen molar-refractivity contribution >= 4 is 0 Å². The lowest BCUT2D eigenvalue weighted by atomic mass is 9.41. The predicted molar refractivity (Wildman–Crippen MR) is 174 cm³/mol. The lowest BCUT2D eigenvalue weighted by Crippen LogP contribution is -2.63. The molecule has 0 aromatic rings. The van der Waals surface area contributed by atoms with Gasteiger partial charge >= 0.3 is 0 Å². The SMILES string of the molecule is COC(C)(C)C(O)CCC(C)C1C(O)CC2(C)C3CC(O)C4C(C)(C)C(OC5OC(CO)C(O)C(O)C5O)CCC45CC35CCC12C. The molecule has 47 heavy (non-hydrogen) atoms. The number of aliphatic hydroxyl groups is 7. The monoisotopic (exact) mass is 668 g/mol. The highest BCUT2D eigenvalue weighted by Crippen LogP contribution is 2.89. The Morgan fingerprint density at radius 2 is 1.55 bits per heavy atom. The summed E-state index contributed by atoms with van der Waals surface area (Å²) in [6, 6.07) is 0. The highest BCUT2D eigenvalue weighted by Gasteiger charge is 2.84. The Hall–Kier alpha value is -0.400. The van der Waals surface area contributed by atoms with Gasteiger partial charge in [0.2, 0.25) is 0 Å². The first kappa shape index (κ1) is 36.4. The maximum atomic E-state index is 12.2. The summed E-state index contributed by atoms with van der Waals surface area (Å²) in [5, 5.41) is 75.8. The first-order valence-electron chi connectivity index (χ1n) is 18.3. The van der Waals surface area contributed by atoms with Crippen molar-refractivity contribution < 1.29 is 50.0 Å². The zero-order chi connectivity index (χ0) is 34.7. The molecule has 1 aliphatic heterocycles. The molecule has 2 spiro atoms. The zero-order valence-electron chi connectivity index (χ0n) is 29.9. The molecule has 0 aromatic carbocycles. The molecule has 0 amide bonds. The maximum absolute atomic E-state index is 12.2. The maximum Gasteiger partial charge on any atom is 0.186 e. The Bertz CT molecular complexity index is 1160. The van der Waals surface area contributed by atoms with Gasteiger partial charge in [-0.1, -0.05) is 34.6 Å². The van der Waals surface area contributed by atoms with Crippen molar-refractivity contribution in [2.24, 2.45) is 50.7 Å². The van der Waals surface area contributed by atoms with Crippen molar-refractivity contribution in [2.75, 3.05) is 13.7 Å². The van der Waals surface area contributed by atoms with Crippen LogP contribution >= 0.6 is 0 Å². The molecular weight excluding hydrogens is 604 g/mol. The van der Waals surface area contributed by atoms with E-state index in [1.165, 1.54) is 0 Å². The fraction of sp³-hybridized carbons (Fsp3) is 1.00. The van der Waals surface area contributed by atoms with Crippen LogP contribution in [0.3, 0.4) is 0 Å². The summed E-state index contributed by atoms with van der Waals surface area (Å²) in [6.07, 6.45) is -0.881. The summed E-state index contributed by atoms with van der Waals surface area (Å²) in [4.78, 5) is 0. The first-order chi connectivity index (χ1) is 21.8. The Morgan fingerprint density at radius 1 is 0.872 bits per heavy atom. The number of ether oxygens (including phenoxy) is 3. The van der Waals surface area contributed by atoms with Gasteiger partial charge in [0, 0.05) is 7.11 Å². The molecule has 10 heteroatoms. The molecule has 17 unspecified atom stereocenters. The van der Waals surface area contributed by atoms with Crippen LogP contribution < -0.4 is 0 Å². The largest absolute Gasteiger partial charge is 0.394 e. The van der Waals surface area contributed by atoms with Crippen LogP contribution in [-0.2, 0) is 14.2 Å². The van der Waals surface area contributed by atoms with Gasteiger partial charge in [0.15, 0.2) is 6.29 Å². The highest BCUT2D eigenvalue weighted by molar-refractivity contribution is 5.32. The average Bonchev–Trinajstić information content (AvgIpc) is 3.60. The van der Waals surface area contributed by atoms with Crippen molar-refractivity contribution in [1.29, 1.82) is 0 Å². The fourth-order valence-electron chi connectivity index (χ4n) is 13.2. The number of fused-ring (bicyclic) bond motifs is 2.